The van der Waals surface area contributed by atoms with E-state index in [1.807, 2.05) is 65.1 Å². The van der Waals surface area contributed by atoms with E-state index in [4.69, 9.17) is 8.83 Å². The van der Waals surface area contributed by atoms with E-state index < -0.39 is 24.2 Å². The van der Waals surface area contributed by atoms with Crippen LogP contribution in [0, 0.1) is 55.4 Å². The zero-order valence-corrected chi connectivity index (χ0v) is 72.1. The molecule has 0 amide bonds. The number of fused-ring (bicyclic) bond motifs is 18. The van der Waals surface area contributed by atoms with Crippen molar-refractivity contribution in [2.75, 3.05) is 0 Å². The Balaban J connectivity index is 0.000000111. The minimum Gasteiger partial charge on any atom is -0.456 e. The van der Waals surface area contributed by atoms with Crippen molar-refractivity contribution in [1.29, 1.82) is 0 Å². The van der Waals surface area contributed by atoms with Crippen LogP contribution in [0.15, 0.2) is 312 Å². The summed E-state index contributed by atoms with van der Waals surface area (Å²) in [6, 6.07) is 108. The first-order valence-corrected chi connectivity index (χ1v) is 49.8. The van der Waals surface area contributed by atoms with E-state index in [1.165, 1.54) is 134 Å². The zero-order chi connectivity index (χ0) is 77.8. The molecule has 2 aliphatic heterocycles. The number of hydrogen-bond donors (Lipinski definition) is 0. The van der Waals surface area contributed by atoms with E-state index in [0.717, 1.165) is 22.3 Å². The second-order valence-electron chi connectivity index (χ2n) is 32.9. The van der Waals surface area contributed by atoms with Gasteiger partial charge >= 0.3 is 0 Å². The van der Waals surface area contributed by atoms with Gasteiger partial charge in [-0.25, -0.2) is 0 Å². The van der Waals surface area contributed by atoms with Crippen LogP contribution in [0.3, 0.4) is 0 Å². The SMILES string of the molecule is Cc1ccc(C(C)(C)C)cc1.Cc1ccc([Si](C)(C)C)cc1.Cc1ccc2c(c1)-c1ccccc1[Si]2(C)C.Cc1ccc2oc3ccccc3c2c1.Cc1ccc2sc3ccccc3c2c1.Cc1cccc2c1[Si](C)(C)c1ccccc1-2.Cc1cccc2c1oc1ccccc12.Cc1cccc2c1sc1ccccc12. The molecule has 20 rings (SSSR count). The van der Waals surface area contributed by atoms with Gasteiger partial charge in [-0.15, -0.1) is 22.7 Å². The van der Waals surface area contributed by atoms with Crippen molar-refractivity contribution in [1.82, 2.24) is 0 Å². The summed E-state index contributed by atoms with van der Waals surface area (Å²) < 4.78 is 17.1. The third-order valence-corrected chi connectivity index (χ3v) is 33.4. The van der Waals surface area contributed by atoms with Crippen molar-refractivity contribution in [3.63, 3.8) is 0 Å². The van der Waals surface area contributed by atoms with Gasteiger partial charge in [0, 0.05) is 61.9 Å². The van der Waals surface area contributed by atoms with E-state index in [9.17, 15) is 0 Å². The van der Waals surface area contributed by atoms with Gasteiger partial charge in [-0.3, -0.25) is 0 Å². The second-order valence-corrected chi connectivity index (χ2v) is 48.7. The highest BCUT2D eigenvalue weighted by Crippen LogP contribution is 2.38. The largest absolute Gasteiger partial charge is 0.456 e. The number of rotatable bonds is 1. The van der Waals surface area contributed by atoms with E-state index in [0.29, 0.717) is 0 Å². The molecule has 0 N–H and O–H groups in total. The van der Waals surface area contributed by atoms with E-state index in [-0.39, 0.29) is 5.41 Å². The van der Waals surface area contributed by atoms with Crippen molar-refractivity contribution in [3.05, 3.63) is 353 Å². The van der Waals surface area contributed by atoms with Crippen LogP contribution in [0.1, 0.15) is 70.8 Å². The fourth-order valence-corrected chi connectivity index (χ4v) is 25.6. The molecule has 0 fully saturated rings. The summed E-state index contributed by atoms with van der Waals surface area (Å²) in [5.74, 6) is 0. The first-order valence-electron chi connectivity index (χ1n) is 38.7. The summed E-state index contributed by atoms with van der Waals surface area (Å²) in [7, 11) is -3.89. The smallest absolute Gasteiger partial charge is 0.138 e. The highest BCUT2D eigenvalue weighted by atomic mass is 32.1. The lowest BCUT2D eigenvalue weighted by Crippen LogP contribution is -2.50. The first kappa shape index (κ1) is 77.9. The molecule has 0 bridgehead atoms. The van der Waals surface area contributed by atoms with Crippen LogP contribution in [0.5, 0.6) is 0 Å². The molecular formula is C103H104O2S2Si3. The Morgan fingerprint density at radius 1 is 0.291 bits per heavy atom. The minimum absolute atomic E-state index is 0.285. The molecule has 0 saturated heterocycles. The maximum atomic E-state index is 5.78. The number of hydrogen-bond acceptors (Lipinski definition) is 4. The van der Waals surface area contributed by atoms with Gasteiger partial charge in [0.25, 0.3) is 0 Å². The molecule has 2 nitrogen and oxygen atoms in total. The van der Waals surface area contributed by atoms with Crippen molar-refractivity contribution >= 4 is 157 Å². The van der Waals surface area contributed by atoms with Crippen LogP contribution < -0.4 is 25.9 Å². The number of para-hydroxylation sites is 3. The average molecular weight is 1520 g/mol. The molecule has 110 heavy (non-hydrogen) atoms. The Kier molecular flexibility index (Phi) is 23.2. The number of benzene rings is 14. The van der Waals surface area contributed by atoms with Gasteiger partial charge in [0.1, 0.15) is 38.5 Å². The quantitative estimate of drug-likeness (QED) is 0.153. The van der Waals surface area contributed by atoms with Crippen LogP contribution in [0.4, 0.5) is 0 Å². The van der Waals surface area contributed by atoms with Crippen LogP contribution in [0.2, 0.25) is 45.8 Å². The summed E-state index contributed by atoms with van der Waals surface area (Å²) in [5, 5.41) is 18.3. The highest BCUT2D eigenvalue weighted by molar-refractivity contribution is 7.26. The van der Waals surface area contributed by atoms with Crippen LogP contribution >= 0.6 is 22.7 Å². The zero-order valence-electron chi connectivity index (χ0n) is 67.5. The van der Waals surface area contributed by atoms with Gasteiger partial charge in [0.05, 0.1) is 8.07 Å². The molecule has 7 heteroatoms. The summed E-state index contributed by atoms with van der Waals surface area (Å²) in [6.07, 6.45) is 0. The van der Waals surface area contributed by atoms with Crippen molar-refractivity contribution in [3.8, 4) is 22.3 Å². The molecule has 0 spiro atoms. The Morgan fingerprint density at radius 2 is 0.709 bits per heavy atom. The molecule has 18 aromatic rings. The number of furan rings is 2. The third kappa shape index (κ3) is 16.9. The lowest BCUT2D eigenvalue weighted by atomic mass is 9.87. The molecule has 4 aromatic heterocycles. The number of aryl methyl sites for hydroxylation is 8. The standard InChI is InChI=1S/2C15H16Si.2C13H10O.2C13H10S.C11H16.C10H16Si/c1-11-7-6-9-13-12-8-4-5-10-14(12)16(2,3)15(11)13;1-11-8-9-15-13(10-11)12-6-4-5-7-14(12)16(15,2)3;1-9-5-4-7-11-10-6-2-3-8-12(10)14-13(9)11;1-9-6-7-13-11(8-9)10-4-2-3-5-12(10)14-13;1-9-5-4-7-11-10-6-2-3-8-12(10)14-13(9)11;1-9-6-7-13-11(8-9)10-4-2-3-5-12(10)14-13;2*1-9-5-7-10(8-6-9)11(2,3)4/h2*4-10H,1-3H3;4*2-8H,1H3;2*5-8H,1-4H3. The number of thiophene rings is 2. The van der Waals surface area contributed by atoms with E-state index >= 15 is 0 Å². The average Bonchev–Trinajstić information content (AvgIpc) is 1.58. The van der Waals surface area contributed by atoms with Crippen molar-refractivity contribution < 1.29 is 8.83 Å². The molecule has 14 aromatic carbocycles. The van der Waals surface area contributed by atoms with Gasteiger partial charge in [-0.2, -0.15) is 0 Å². The van der Waals surface area contributed by atoms with E-state index in [1.54, 1.807) is 25.9 Å². The summed E-state index contributed by atoms with van der Waals surface area (Å²) in [5.41, 5.74) is 22.2. The summed E-state index contributed by atoms with van der Waals surface area (Å²) in [4.78, 5) is 0. The maximum absolute atomic E-state index is 5.78. The molecule has 0 saturated carbocycles. The molecule has 2 aliphatic rings. The van der Waals surface area contributed by atoms with Crippen LogP contribution in [-0.4, -0.2) is 24.2 Å². The lowest BCUT2D eigenvalue weighted by Gasteiger charge is -2.20. The lowest BCUT2D eigenvalue weighted by molar-refractivity contribution is 0.590. The van der Waals surface area contributed by atoms with Gasteiger partial charge in [0.15, 0.2) is 0 Å². The van der Waals surface area contributed by atoms with Gasteiger partial charge in [-0.05, 0) is 169 Å². The molecule has 552 valence electrons. The first-order chi connectivity index (χ1) is 52.6. The van der Waals surface area contributed by atoms with Gasteiger partial charge < -0.3 is 8.83 Å². The third-order valence-electron chi connectivity index (χ3n) is 21.6. The van der Waals surface area contributed by atoms with Crippen LogP contribution in [-0.2, 0) is 5.41 Å². The van der Waals surface area contributed by atoms with E-state index in [2.05, 4.69) is 383 Å². The fourth-order valence-electron chi connectivity index (χ4n) is 15.5. The van der Waals surface area contributed by atoms with Gasteiger partial charge in [0.2, 0.25) is 0 Å². The Morgan fingerprint density at radius 3 is 1.35 bits per heavy atom. The topological polar surface area (TPSA) is 26.3 Å². The van der Waals surface area contributed by atoms with Crippen molar-refractivity contribution in [2.45, 2.75) is 127 Å². The molecule has 0 unspecified atom stereocenters. The monoisotopic (exact) mass is 1520 g/mol. The molecule has 6 heterocycles. The molecule has 0 aliphatic carbocycles. The predicted octanol–water partition coefficient (Wildman–Crippen LogP) is 27.9. The maximum Gasteiger partial charge on any atom is 0.138 e. The Bertz CT molecular complexity index is 5970. The summed E-state index contributed by atoms with van der Waals surface area (Å²) >= 11 is 3.76. The molecule has 0 atom stereocenters. The highest BCUT2D eigenvalue weighted by Gasteiger charge is 2.39. The second kappa shape index (κ2) is 32.8. The van der Waals surface area contributed by atoms with Gasteiger partial charge in [-0.1, -0.05) is 360 Å². The fraction of sp³-hybridized carbons (Fsp3) is 0.184. The normalized spacial score (nSPS) is 12.6. The molecular weight excluding hydrogens is 1420 g/mol. The van der Waals surface area contributed by atoms with Crippen LogP contribution in [0.25, 0.3) is 106 Å². The minimum atomic E-state index is -1.43. The Hall–Kier alpha value is -10.2. The predicted molar refractivity (Wildman–Crippen MR) is 496 cm³/mol. The summed E-state index contributed by atoms with van der Waals surface area (Å²) in [6.45, 7) is 40.8. The van der Waals surface area contributed by atoms with Crippen molar-refractivity contribution in [2.24, 2.45) is 0 Å². The Labute approximate surface area is 663 Å². The molecule has 0 radical (unpaired) electrons.